The Kier molecular flexibility index (Phi) is 11.3. The Hall–Kier alpha value is -4.28. The number of carboxylic acids is 1. The van der Waals surface area contributed by atoms with Crippen molar-refractivity contribution in [2.24, 2.45) is 0 Å². The SMILES string of the molecule is O=C(O)c1cc(CNC(=O)C(O)CN2C(=O)C(=Cc3cc(-c4ccc(F)c(F)c4)ccc3NCCN3CCOCC3)SC2=S)ccn1. The molecular weight excluding hydrogens is 653 g/mol. The third-order valence-corrected chi connectivity index (χ3v) is 8.86. The third kappa shape index (κ3) is 8.75. The van der Waals surface area contributed by atoms with Gasteiger partial charge in [-0.3, -0.25) is 19.4 Å². The number of thiocarbonyl (C=S) groups is 1. The van der Waals surface area contributed by atoms with Crippen LogP contribution in [0.5, 0.6) is 0 Å². The van der Waals surface area contributed by atoms with Crippen LogP contribution in [-0.4, -0.2) is 99.1 Å². The largest absolute Gasteiger partial charge is 0.477 e. The van der Waals surface area contributed by atoms with Gasteiger partial charge >= 0.3 is 5.97 Å². The number of benzene rings is 2. The normalized spacial score (nSPS) is 16.8. The van der Waals surface area contributed by atoms with Crippen LogP contribution in [0.15, 0.2) is 59.6 Å². The smallest absolute Gasteiger partial charge is 0.354 e. The van der Waals surface area contributed by atoms with Crippen LogP contribution in [0, 0.1) is 11.6 Å². The number of morpholine rings is 1. The molecule has 3 aromatic rings. The van der Waals surface area contributed by atoms with Gasteiger partial charge < -0.3 is 25.6 Å². The molecular formula is C32H31F2N5O6S2. The van der Waals surface area contributed by atoms with E-state index in [1.165, 1.54) is 24.4 Å². The van der Waals surface area contributed by atoms with Gasteiger partial charge in [-0.05, 0) is 64.7 Å². The second-order valence-corrected chi connectivity index (χ2v) is 12.4. The first-order valence-electron chi connectivity index (χ1n) is 14.6. The molecule has 3 heterocycles. The van der Waals surface area contributed by atoms with Crippen molar-refractivity contribution >= 4 is 57.8 Å². The Morgan fingerprint density at radius 1 is 1.09 bits per heavy atom. The molecule has 1 unspecified atom stereocenters. The monoisotopic (exact) mass is 683 g/mol. The molecule has 47 heavy (non-hydrogen) atoms. The maximum absolute atomic E-state index is 14.0. The minimum atomic E-state index is -1.62. The number of ether oxygens (including phenoxy) is 1. The predicted molar refractivity (Wildman–Crippen MR) is 176 cm³/mol. The molecule has 1 atom stereocenters. The number of nitrogens with one attached hydrogen (secondary N) is 2. The van der Waals surface area contributed by atoms with Gasteiger partial charge in [-0.2, -0.15) is 0 Å². The highest BCUT2D eigenvalue weighted by Gasteiger charge is 2.35. The number of pyridine rings is 1. The molecule has 0 bridgehead atoms. The van der Waals surface area contributed by atoms with Crippen molar-refractivity contribution in [2.75, 3.05) is 51.3 Å². The van der Waals surface area contributed by atoms with Crippen molar-refractivity contribution < 1.29 is 38.1 Å². The first kappa shape index (κ1) is 34.1. The fraction of sp³-hybridized carbons (Fsp3) is 0.281. The van der Waals surface area contributed by atoms with Crippen LogP contribution >= 0.6 is 24.0 Å². The van der Waals surface area contributed by atoms with E-state index in [0.29, 0.717) is 47.7 Å². The van der Waals surface area contributed by atoms with E-state index in [1.54, 1.807) is 24.3 Å². The molecule has 11 nitrogen and oxygen atoms in total. The van der Waals surface area contributed by atoms with Crippen molar-refractivity contribution in [3.63, 3.8) is 0 Å². The molecule has 1 aromatic heterocycles. The molecule has 0 aliphatic carbocycles. The lowest BCUT2D eigenvalue weighted by atomic mass is 10.0. The van der Waals surface area contributed by atoms with Crippen molar-refractivity contribution in [3.05, 3.63) is 88.1 Å². The average molecular weight is 684 g/mol. The topological polar surface area (TPSA) is 144 Å². The minimum absolute atomic E-state index is 0.0629. The van der Waals surface area contributed by atoms with Crippen LogP contribution in [0.25, 0.3) is 17.2 Å². The van der Waals surface area contributed by atoms with E-state index in [2.05, 4.69) is 20.5 Å². The molecule has 2 aliphatic rings. The van der Waals surface area contributed by atoms with Crippen LogP contribution in [-0.2, 0) is 20.9 Å². The second-order valence-electron chi connectivity index (χ2n) is 10.7. The number of nitrogens with zero attached hydrogens (tertiary/aromatic N) is 3. The van der Waals surface area contributed by atoms with E-state index in [4.69, 9.17) is 22.1 Å². The molecule has 0 radical (unpaired) electrons. The number of carbonyl (C=O) groups is 3. The number of rotatable bonds is 12. The summed E-state index contributed by atoms with van der Waals surface area (Å²) in [5, 5.41) is 25.6. The standard InChI is InChI=1S/C32H31F2N5O6S2/c33-23-3-1-21(15-24(23)34)20-2-4-25(36-7-8-38-9-11-45-12-10-38)22(14-20)16-28-30(42)39(32(46)47-28)18-27(40)29(41)37-17-19-5-6-35-26(13-19)31(43)44/h1-6,13-16,27,36,40H,7-12,17-18H2,(H,37,41)(H,43,44). The van der Waals surface area contributed by atoms with Crippen molar-refractivity contribution in [1.82, 2.24) is 20.1 Å². The van der Waals surface area contributed by atoms with Crippen LogP contribution in [0.2, 0.25) is 0 Å². The minimum Gasteiger partial charge on any atom is -0.477 e. The number of aromatic nitrogens is 1. The number of β-amino-alcohol motifs (C(OH)–C–C–N with tert-alkyl or cyclic N) is 1. The van der Waals surface area contributed by atoms with E-state index in [0.717, 1.165) is 48.4 Å². The maximum atomic E-state index is 14.0. The predicted octanol–water partition coefficient (Wildman–Crippen LogP) is 3.35. The second kappa shape index (κ2) is 15.5. The third-order valence-electron chi connectivity index (χ3n) is 7.48. The van der Waals surface area contributed by atoms with Crippen LogP contribution < -0.4 is 10.6 Å². The van der Waals surface area contributed by atoms with Crippen molar-refractivity contribution in [2.45, 2.75) is 12.6 Å². The molecule has 2 saturated heterocycles. The number of hydrogen-bond donors (Lipinski definition) is 4. The Labute approximate surface area is 278 Å². The summed E-state index contributed by atoms with van der Waals surface area (Å²) in [6.07, 6.45) is 1.31. The summed E-state index contributed by atoms with van der Waals surface area (Å²) in [4.78, 5) is 44.6. The lowest BCUT2D eigenvalue weighted by molar-refractivity contribution is -0.131. The number of amides is 2. The summed E-state index contributed by atoms with van der Waals surface area (Å²) < 4.78 is 33.2. The lowest BCUT2D eigenvalue weighted by Crippen LogP contribution is -2.44. The summed E-state index contributed by atoms with van der Waals surface area (Å²) >= 11 is 6.42. The molecule has 0 spiro atoms. The van der Waals surface area contributed by atoms with Gasteiger partial charge in [-0.15, -0.1) is 0 Å². The van der Waals surface area contributed by atoms with Crippen molar-refractivity contribution in [1.29, 1.82) is 0 Å². The zero-order valence-corrected chi connectivity index (χ0v) is 26.6. The first-order chi connectivity index (χ1) is 22.6. The molecule has 2 aliphatic heterocycles. The summed E-state index contributed by atoms with van der Waals surface area (Å²) in [5.41, 5.74) is 2.63. The number of thioether (sulfide) groups is 1. The number of aromatic carboxylic acids is 1. The van der Waals surface area contributed by atoms with Gasteiger partial charge in [-0.1, -0.05) is 36.1 Å². The van der Waals surface area contributed by atoms with Crippen molar-refractivity contribution in [3.8, 4) is 11.1 Å². The van der Waals surface area contributed by atoms with Gasteiger partial charge in [-0.25, -0.2) is 18.6 Å². The van der Waals surface area contributed by atoms with Gasteiger partial charge in [0.2, 0.25) is 0 Å². The van der Waals surface area contributed by atoms with E-state index in [9.17, 15) is 28.3 Å². The summed E-state index contributed by atoms with van der Waals surface area (Å²) in [6, 6.07) is 11.8. The zero-order chi connectivity index (χ0) is 33.5. The fourth-order valence-electron chi connectivity index (χ4n) is 4.93. The lowest BCUT2D eigenvalue weighted by Gasteiger charge is -2.26. The summed E-state index contributed by atoms with van der Waals surface area (Å²) in [6.45, 7) is 3.89. The van der Waals surface area contributed by atoms with Gasteiger partial charge in [0.25, 0.3) is 11.8 Å². The number of carbonyl (C=O) groups excluding carboxylic acids is 2. The number of carboxylic acid groups (broad SMARTS) is 1. The Bertz CT molecular complexity index is 1720. The zero-order valence-electron chi connectivity index (χ0n) is 24.9. The molecule has 2 fully saturated rings. The molecule has 4 N–H and O–H groups in total. The van der Waals surface area contributed by atoms with E-state index >= 15 is 0 Å². The first-order valence-corrected chi connectivity index (χ1v) is 15.8. The van der Waals surface area contributed by atoms with Crippen LogP contribution in [0.4, 0.5) is 14.5 Å². The van der Waals surface area contributed by atoms with E-state index < -0.39 is 42.1 Å². The Morgan fingerprint density at radius 2 is 1.83 bits per heavy atom. The number of hydrogen-bond acceptors (Lipinski definition) is 10. The average Bonchev–Trinajstić information content (AvgIpc) is 3.33. The molecule has 15 heteroatoms. The quantitative estimate of drug-likeness (QED) is 0.165. The number of aliphatic hydroxyl groups excluding tert-OH is 1. The van der Waals surface area contributed by atoms with Crippen LogP contribution in [0.3, 0.4) is 0 Å². The summed E-state index contributed by atoms with van der Waals surface area (Å²) in [7, 11) is 0. The summed E-state index contributed by atoms with van der Waals surface area (Å²) in [5.74, 6) is -4.44. The van der Waals surface area contributed by atoms with Gasteiger partial charge in [0.1, 0.15) is 10.0 Å². The molecule has 0 saturated carbocycles. The molecule has 246 valence electrons. The number of aliphatic hydroxyl groups is 1. The van der Waals surface area contributed by atoms with E-state index in [1.807, 2.05) is 0 Å². The van der Waals surface area contributed by atoms with Gasteiger partial charge in [0, 0.05) is 44.6 Å². The van der Waals surface area contributed by atoms with Gasteiger partial charge in [0.05, 0.1) is 24.7 Å². The Morgan fingerprint density at radius 3 is 2.57 bits per heavy atom. The molecule has 2 amide bonds. The Balaban J connectivity index is 1.30. The van der Waals surface area contributed by atoms with Crippen LogP contribution in [0.1, 0.15) is 21.6 Å². The highest BCUT2D eigenvalue weighted by Crippen LogP contribution is 2.35. The van der Waals surface area contributed by atoms with E-state index in [-0.39, 0.29) is 21.5 Å². The number of anilines is 1. The molecule has 2 aromatic carbocycles. The highest BCUT2D eigenvalue weighted by atomic mass is 32.2. The maximum Gasteiger partial charge on any atom is 0.354 e. The fourth-order valence-corrected chi connectivity index (χ4v) is 6.20. The highest BCUT2D eigenvalue weighted by molar-refractivity contribution is 8.26. The van der Waals surface area contributed by atoms with Gasteiger partial charge in [0.15, 0.2) is 17.7 Å². The molecule has 5 rings (SSSR count). The number of halogens is 2.